The highest BCUT2D eigenvalue weighted by atomic mass is 16.5. The molecule has 0 aliphatic rings. The van der Waals surface area contributed by atoms with E-state index in [4.69, 9.17) is 4.74 Å². The first kappa shape index (κ1) is 18.5. The zero-order valence-corrected chi connectivity index (χ0v) is 14.5. The molecule has 0 radical (unpaired) electrons. The molecule has 1 amide bonds. The highest BCUT2D eigenvalue weighted by Crippen LogP contribution is 2.17. The molecule has 0 fully saturated rings. The molecule has 1 unspecified atom stereocenters. The summed E-state index contributed by atoms with van der Waals surface area (Å²) >= 11 is 0. The van der Waals surface area contributed by atoms with Crippen LogP contribution in [0.4, 0.5) is 0 Å². The zero-order valence-electron chi connectivity index (χ0n) is 14.5. The maximum absolute atomic E-state index is 12.7. The van der Waals surface area contributed by atoms with Crippen molar-refractivity contribution in [1.82, 2.24) is 4.90 Å². The summed E-state index contributed by atoms with van der Waals surface area (Å²) in [7, 11) is 1.52. The Morgan fingerprint density at radius 3 is 2.48 bits per heavy atom. The van der Waals surface area contributed by atoms with E-state index >= 15 is 0 Å². The molecule has 0 aliphatic carbocycles. The number of hydrogen-bond donors (Lipinski definition) is 1. The van der Waals surface area contributed by atoms with Gasteiger partial charge in [0.2, 0.25) is 0 Å². The number of aliphatic carboxylic acids is 1. The van der Waals surface area contributed by atoms with Gasteiger partial charge in [0.25, 0.3) is 5.91 Å². The number of amides is 1. The maximum atomic E-state index is 12.7. The molecule has 2 rings (SSSR count). The molecular formula is C20H23NO4. The third-order valence-electron chi connectivity index (χ3n) is 3.90. The van der Waals surface area contributed by atoms with Crippen LogP contribution in [0.2, 0.25) is 0 Å². The fourth-order valence-corrected chi connectivity index (χ4v) is 2.51. The fourth-order valence-electron chi connectivity index (χ4n) is 2.51. The van der Waals surface area contributed by atoms with Crippen molar-refractivity contribution in [3.8, 4) is 5.75 Å². The van der Waals surface area contributed by atoms with Gasteiger partial charge in [0.15, 0.2) is 0 Å². The largest absolute Gasteiger partial charge is 0.494 e. The number of likely N-dealkylation sites (N-methyl/N-ethyl adjacent to an activating group) is 1. The van der Waals surface area contributed by atoms with E-state index in [0.717, 1.165) is 12.0 Å². The van der Waals surface area contributed by atoms with Gasteiger partial charge in [-0.2, -0.15) is 0 Å². The number of nitrogens with zero attached hydrogens (tertiary/aromatic N) is 1. The average molecular weight is 341 g/mol. The Hall–Kier alpha value is -2.82. The summed E-state index contributed by atoms with van der Waals surface area (Å²) in [4.78, 5) is 25.7. The zero-order chi connectivity index (χ0) is 18.2. The first-order valence-electron chi connectivity index (χ1n) is 8.29. The molecule has 1 atom stereocenters. The van der Waals surface area contributed by atoms with E-state index in [-0.39, 0.29) is 12.3 Å². The van der Waals surface area contributed by atoms with Crippen LogP contribution in [0.15, 0.2) is 54.6 Å². The van der Waals surface area contributed by atoms with Crippen molar-refractivity contribution < 1.29 is 19.4 Å². The smallest absolute Gasteiger partial charge is 0.326 e. The lowest BCUT2D eigenvalue weighted by Gasteiger charge is -2.25. The van der Waals surface area contributed by atoms with Crippen molar-refractivity contribution in [1.29, 1.82) is 0 Å². The molecule has 0 spiro atoms. The summed E-state index contributed by atoms with van der Waals surface area (Å²) in [5, 5.41) is 9.55. The molecule has 0 aromatic heterocycles. The maximum Gasteiger partial charge on any atom is 0.326 e. The van der Waals surface area contributed by atoms with Crippen LogP contribution in [-0.4, -0.2) is 41.6 Å². The molecule has 5 nitrogen and oxygen atoms in total. The molecule has 2 aromatic rings. The minimum Gasteiger partial charge on any atom is -0.494 e. The van der Waals surface area contributed by atoms with Crippen LogP contribution in [0, 0.1) is 0 Å². The highest BCUT2D eigenvalue weighted by Gasteiger charge is 2.27. The molecule has 2 aromatic carbocycles. The third-order valence-corrected chi connectivity index (χ3v) is 3.90. The van der Waals surface area contributed by atoms with E-state index in [1.54, 1.807) is 24.3 Å². The number of benzene rings is 2. The Morgan fingerprint density at radius 1 is 1.12 bits per heavy atom. The average Bonchev–Trinajstić information content (AvgIpc) is 2.64. The molecule has 0 saturated heterocycles. The Labute approximate surface area is 147 Å². The number of rotatable bonds is 8. The fraction of sp³-hybridized carbons (Fsp3) is 0.300. The Kier molecular flexibility index (Phi) is 6.57. The second-order valence-electron chi connectivity index (χ2n) is 5.84. The number of carboxylic acids is 1. The molecule has 0 heterocycles. The number of ether oxygens (including phenoxy) is 1. The molecule has 5 heteroatoms. The second-order valence-corrected chi connectivity index (χ2v) is 5.84. The van der Waals surface area contributed by atoms with Crippen LogP contribution in [-0.2, 0) is 11.2 Å². The summed E-state index contributed by atoms with van der Waals surface area (Å²) in [6.45, 7) is 2.57. The topological polar surface area (TPSA) is 66.8 Å². The van der Waals surface area contributed by atoms with Crippen molar-refractivity contribution in [3.63, 3.8) is 0 Å². The van der Waals surface area contributed by atoms with Gasteiger partial charge in [-0.25, -0.2) is 4.79 Å². The Bertz CT molecular complexity index is 715. The van der Waals surface area contributed by atoms with Crippen LogP contribution in [0.1, 0.15) is 29.3 Å². The lowest BCUT2D eigenvalue weighted by atomic mass is 10.0. The molecule has 1 N–H and O–H groups in total. The first-order valence-corrected chi connectivity index (χ1v) is 8.29. The lowest BCUT2D eigenvalue weighted by Crippen LogP contribution is -2.43. The van der Waals surface area contributed by atoms with E-state index < -0.39 is 12.0 Å². The molecule has 0 bridgehead atoms. The Morgan fingerprint density at radius 2 is 1.84 bits per heavy atom. The number of carbonyl (C=O) groups excluding carboxylic acids is 1. The van der Waals surface area contributed by atoms with E-state index in [1.165, 1.54) is 11.9 Å². The van der Waals surface area contributed by atoms with Crippen molar-refractivity contribution in [2.45, 2.75) is 25.8 Å². The minimum atomic E-state index is -1.03. The van der Waals surface area contributed by atoms with Gasteiger partial charge in [0, 0.05) is 19.0 Å². The quantitative estimate of drug-likeness (QED) is 0.800. The molecule has 25 heavy (non-hydrogen) atoms. The van der Waals surface area contributed by atoms with Crippen molar-refractivity contribution in [3.05, 3.63) is 65.7 Å². The van der Waals surface area contributed by atoms with Gasteiger partial charge in [0.1, 0.15) is 11.8 Å². The summed E-state index contributed by atoms with van der Waals surface area (Å²) < 4.78 is 5.54. The van der Waals surface area contributed by atoms with Gasteiger partial charge in [-0.05, 0) is 30.2 Å². The van der Waals surface area contributed by atoms with Gasteiger partial charge in [-0.15, -0.1) is 0 Å². The predicted molar refractivity (Wildman–Crippen MR) is 95.9 cm³/mol. The van der Waals surface area contributed by atoms with Gasteiger partial charge in [-0.1, -0.05) is 43.3 Å². The lowest BCUT2D eigenvalue weighted by molar-refractivity contribution is -0.141. The molecule has 0 saturated carbocycles. The SMILES string of the molecule is CCCOc1cccc(C(=O)N(C)C(Cc2ccccc2)C(=O)O)c1. The normalized spacial score (nSPS) is 11.6. The number of carbonyl (C=O) groups is 2. The van der Waals surface area contributed by atoms with Gasteiger partial charge in [0.05, 0.1) is 6.61 Å². The van der Waals surface area contributed by atoms with Crippen LogP contribution in [0.25, 0.3) is 0 Å². The minimum absolute atomic E-state index is 0.254. The highest BCUT2D eigenvalue weighted by molar-refractivity contribution is 5.96. The van der Waals surface area contributed by atoms with Gasteiger partial charge < -0.3 is 14.7 Å². The van der Waals surface area contributed by atoms with Gasteiger partial charge in [-0.3, -0.25) is 4.79 Å². The Balaban J connectivity index is 2.16. The van der Waals surface area contributed by atoms with Crippen LogP contribution in [0.3, 0.4) is 0 Å². The first-order chi connectivity index (χ1) is 12.0. The number of hydrogen-bond acceptors (Lipinski definition) is 3. The number of carboxylic acid groups (broad SMARTS) is 1. The summed E-state index contributed by atoms with van der Waals surface area (Å²) in [6, 6.07) is 15.2. The van der Waals surface area contributed by atoms with Crippen LogP contribution in [0.5, 0.6) is 5.75 Å². The predicted octanol–water partition coefficient (Wildman–Crippen LogP) is 3.24. The van der Waals surface area contributed by atoms with Crippen molar-refractivity contribution in [2.75, 3.05) is 13.7 Å². The van der Waals surface area contributed by atoms with Crippen molar-refractivity contribution in [2.24, 2.45) is 0 Å². The van der Waals surface area contributed by atoms with E-state index in [9.17, 15) is 14.7 Å². The van der Waals surface area contributed by atoms with Crippen molar-refractivity contribution >= 4 is 11.9 Å². The third kappa shape index (κ3) is 5.08. The van der Waals surface area contributed by atoms with Gasteiger partial charge >= 0.3 is 5.97 Å². The monoisotopic (exact) mass is 341 g/mol. The standard InChI is InChI=1S/C20H23NO4/c1-3-12-25-17-11-7-10-16(14-17)19(22)21(2)18(20(23)24)13-15-8-5-4-6-9-15/h4-11,14,18H,3,12-13H2,1-2H3,(H,23,24). The summed E-state index contributed by atoms with van der Waals surface area (Å²) in [6.07, 6.45) is 1.13. The molecular weight excluding hydrogens is 318 g/mol. The second kappa shape index (κ2) is 8.87. The van der Waals surface area contributed by atoms with Crippen LogP contribution < -0.4 is 4.74 Å². The molecule has 132 valence electrons. The summed E-state index contributed by atoms with van der Waals surface area (Å²) in [5.41, 5.74) is 1.28. The van der Waals surface area contributed by atoms with E-state index in [2.05, 4.69) is 0 Å². The van der Waals surface area contributed by atoms with E-state index in [0.29, 0.717) is 17.9 Å². The summed E-state index contributed by atoms with van der Waals surface area (Å²) in [5.74, 6) is -0.764. The van der Waals surface area contributed by atoms with E-state index in [1.807, 2.05) is 37.3 Å². The van der Waals surface area contributed by atoms with Crippen LogP contribution >= 0.6 is 0 Å². The molecule has 0 aliphatic heterocycles.